The molecule has 0 saturated heterocycles. The smallest absolute Gasteiger partial charge is 0.191 e. The van der Waals surface area contributed by atoms with Gasteiger partial charge >= 0.3 is 0 Å². The number of nitrogens with zero attached hydrogens (tertiary/aromatic N) is 1. The molecule has 5 heteroatoms. The van der Waals surface area contributed by atoms with E-state index in [1.54, 1.807) is 36.5 Å². The van der Waals surface area contributed by atoms with E-state index in [0.29, 0.717) is 23.7 Å². The fraction of sp³-hybridized carbons (Fsp3) is 0.214. The van der Waals surface area contributed by atoms with Gasteiger partial charge in [0.1, 0.15) is 18.5 Å². The average Bonchev–Trinajstić information content (AvgIpc) is 2.38. The van der Waals surface area contributed by atoms with Crippen molar-refractivity contribution in [2.75, 3.05) is 18.1 Å². The van der Waals surface area contributed by atoms with Crippen molar-refractivity contribution in [2.45, 2.75) is 12.6 Å². The normalized spacial score (nSPS) is 12.1. The number of benzene rings is 1. The molecule has 19 heavy (non-hydrogen) atoms. The van der Waals surface area contributed by atoms with Gasteiger partial charge in [0.25, 0.3) is 0 Å². The molecule has 0 aliphatic rings. The van der Waals surface area contributed by atoms with E-state index in [2.05, 4.69) is 0 Å². The zero-order chi connectivity index (χ0) is 13.7. The van der Waals surface area contributed by atoms with Gasteiger partial charge in [0.15, 0.2) is 18.9 Å². The Morgan fingerprint density at radius 3 is 2.53 bits per heavy atom. The third-order valence-corrected chi connectivity index (χ3v) is 2.63. The first-order chi connectivity index (χ1) is 9.13. The number of nitrogens with two attached hydrogens (primary N) is 2. The fourth-order valence-corrected chi connectivity index (χ4v) is 1.71. The van der Waals surface area contributed by atoms with Crippen LogP contribution in [0.25, 0.3) is 0 Å². The van der Waals surface area contributed by atoms with Gasteiger partial charge in [-0.25, -0.2) is 4.57 Å². The Balaban J connectivity index is 1.84. The Bertz CT molecular complexity index is 528. The standard InChI is InChI=1S/C14H18N3O2/c15-11-3-5-14(6-4-11)19-10-13(18)9-17-7-1-2-12(16)8-17/h1-8,13,18H,9-10,15-16H2/q+1. The van der Waals surface area contributed by atoms with Crippen molar-refractivity contribution < 1.29 is 14.4 Å². The molecule has 0 amide bonds. The zero-order valence-corrected chi connectivity index (χ0v) is 10.6. The van der Waals surface area contributed by atoms with E-state index in [1.807, 2.05) is 16.8 Å². The van der Waals surface area contributed by atoms with E-state index in [4.69, 9.17) is 16.2 Å². The number of hydrogen-bond acceptors (Lipinski definition) is 4. The molecule has 0 aliphatic heterocycles. The highest BCUT2D eigenvalue weighted by Gasteiger charge is 2.12. The molecule has 5 nitrogen and oxygen atoms in total. The van der Waals surface area contributed by atoms with Gasteiger partial charge in [-0.05, 0) is 30.3 Å². The summed E-state index contributed by atoms with van der Waals surface area (Å²) < 4.78 is 7.30. The van der Waals surface area contributed by atoms with Crippen LogP contribution in [0.15, 0.2) is 48.8 Å². The van der Waals surface area contributed by atoms with Gasteiger partial charge in [-0.3, -0.25) is 0 Å². The highest BCUT2D eigenvalue weighted by molar-refractivity contribution is 5.41. The summed E-state index contributed by atoms with van der Waals surface area (Å²) >= 11 is 0. The van der Waals surface area contributed by atoms with Crippen molar-refractivity contribution in [3.63, 3.8) is 0 Å². The number of pyridine rings is 1. The minimum Gasteiger partial charge on any atom is -0.491 e. The number of aliphatic hydroxyl groups excluding tert-OH is 1. The third kappa shape index (κ3) is 4.15. The molecule has 100 valence electrons. The maximum Gasteiger partial charge on any atom is 0.191 e. The van der Waals surface area contributed by atoms with Gasteiger partial charge in [0.2, 0.25) is 0 Å². The molecule has 2 rings (SSSR count). The van der Waals surface area contributed by atoms with Gasteiger partial charge in [-0.15, -0.1) is 0 Å². The summed E-state index contributed by atoms with van der Waals surface area (Å²) in [5.41, 5.74) is 12.6. The molecular formula is C14H18N3O2+. The van der Waals surface area contributed by atoms with Crippen LogP contribution in [0.3, 0.4) is 0 Å². The summed E-state index contributed by atoms with van der Waals surface area (Å²) in [6.07, 6.45) is 3.01. The summed E-state index contributed by atoms with van der Waals surface area (Å²) in [4.78, 5) is 0. The first-order valence-corrected chi connectivity index (χ1v) is 6.04. The molecule has 0 saturated carbocycles. The Morgan fingerprint density at radius 1 is 1.11 bits per heavy atom. The molecular weight excluding hydrogens is 242 g/mol. The molecule has 1 heterocycles. The van der Waals surface area contributed by atoms with Crippen molar-refractivity contribution in [3.05, 3.63) is 48.8 Å². The summed E-state index contributed by atoms with van der Waals surface area (Å²) in [6, 6.07) is 10.7. The molecule has 0 bridgehead atoms. The van der Waals surface area contributed by atoms with Crippen LogP contribution in [0.4, 0.5) is 11.4 Å². The second kappa shape index (κ2) is 6.06. The van der Waals surface area contributed by atoms with E-state index in [1.165, 1.54) is 0 Å². The third-order valence-electron chi connectivity index (χ3n) is 2.63. The van der Waals surface area contributed by atoms with Crippen molar-refractivity contribution in [1.29, 1.82) is 0 Å². The van der Waals surface area contributed by atoms with Crippen LogP contribution in [0.2, 0.25) is 0 Å². The number of rotatable bonds is 5. The lowest BCUT2D eigenvalue weighted by Gasteiger charge is -2.10. The van der Waals surface area contributed by atoms with Crippen molar-refractivity contribution in [1.82, 2.24) is 0 Å². The van der Waals surface area contributed by atoms with Crippen LogP contribution in [0.5, 0.6) is 5.75 Å². The molecule has 1 aromatic carbocycles. The number of aliphatic hydroxyl groups is 1. The number of hydrogen-bond donors (Lipinski definition) is 3. The number of nitrogen functional groups attached to an aromatic ring is 2. The van der Waals surface area contributed by atoms with Crippen LogP contribution in [0.1, 0.15) is 0 Å². The zero-order valence-electron chi connectivity index (χ0n) is 10.6. The molecule has 0 radical (unpaired) electrons. The van der Waals surface area contributed by atoms with Crippen molar-refractivity contribution >= 4 is 11.4 Å². The van der Waals surface area contributed by atoms with Crippen LogP contribution in [0, 0.1) is 0 Å². The number of ether oxygens (including phenoxy) is 1. The van der Waals surface area contributed by atoms with E-state index >= 15 is 0 Å². The minimum absolute atomic E-state index is 0.214. The quantitative estimate of drug-likeness (QED) is 0.542. The fourth-order valence-electron chi connectivity index (χ4n) is 1.71. The van der Waals surface area contributed by atoms with Gasteiger partial charge < -0.3 is 21.3 Å². The first-order valence-electron chi connectivity index (χ1n) is 6.04. The molecule has 0 aliphatic carbocycles. The predicted molar refractivity (Wildman–Crippen MR) is 73.4 cm³/mol. The number of anilines is 2. The Hall–Kier alpha value is -2.27. The van der Waals surface area contributed by atoms with E-state index in [0.717, 1.165) is 0 Å². The second-order valence-corrected chi connectivity index (χ2v) is 4.37. The summed E-state index contributed by atoms with van der Waals surface area (Å²) in [5, 5.41) is 9.90. The monoisotopic (exact) mass is 260 g/mol. The van der Waals surface area contributed by atoms with E-state index in [9.17, 15) is 5.11 Å². The van der Waals surface area contributed by atoms with E-state index in [-0.39, 0.29) is 6.61 Å². The van der Waals surface area contributed by atoms with Gasteiger partial charge in [-0.1, -0.05) is 0 Å². The van der Waals surface area contributed by atoms with Gasteiger partial charge in [0.05, 0.1) is 5.69 Å². The largest absolute Gasteiger partial charge is 0.491 e. The molecule has 0 fully saturated rings. The lowest BCUT2D eigenvalue weighted by Crippen LogP contribution is -2.41. The van der Waals surface area contributed by atoms with Gasteiger partial charge in [-0.2, -0.15) is 0 Å². The maximum absolute atomic E-state index is 9.90. The van der Waals surface area contributed by atoms with Crippen molar-refractivity contribution in [2.24, 2.45) is 0 Å². The minimum atomic E-state index is -0.607. The molecule has 2 aromatic rings. The second-order valence-electron chi connectivity index (χ2n) is 4.37. The first kappa shape index (κ1) is 13.2. The van der Waals surface area contributed by atoms with E-state index < -0.39 is 6.10 Å². The molecule has 5 N–H and O–H groups in total. The summed E-state index contributed by atoms with van der Waals surface area (Å²) in [6.45, 7) is 0.645. The summed E-state index contributed by atoms with van der Waals surface area (Å²) in [5.74, 6) is 0.686. The van der Waals surface area contributed by atoms with Crippen LogP contribution >= 0.6 is 0 Å². The average molecular weight is 260 g/mol. The van der Waals surface area contributed by atoms with Crippen LogP contribution in [-0.2, 0) is 6.54 Å². The van der Waals surface area contributed by atoms with Crippen LogP contribution in [-0.4, -0.2) is 17.8 Å². The van der Waals surface area contributed by atoms with Gasteiger partial charge in [0, 0.05) is 11.8 Å². The highest BCUT2D eigenvalue weighted by Crippen LogP contribution is 2.13. The van der Waals surface area contributed by atoms with Crippen molar-refractivity contribution in [3.8, 4) is 5.75 Å². The molecule has 1 atom stereocenters. The maximum atomic E-state index is 9.90. The number of aromatic nitrogens is 1. The Labute approximate surface area is 112 Å². The summed E-state index contributed by atoms with van der Waals surface area (Å²) in [7, 11) is 0. The predicted octanol–water partition coefficient (Wildman–Crippen LogP) is 0.578. The lowest BCUT2D eigenvalue weighted by atomic mass is 10.3. The Kier molecular flexibility index (Phi) is 4.20. The topological polar surface area (TPSA) is 85.4 Å². The molecule has 0 spiro atoms. The lowest BCUT2D eigenvalue weighted by molar-refractivity contribution is -0.703. The molecule has 1 unspecified atom stereocenters. The van der Waals surface area contributed by atoms with Crippen LogP contribution < -0.4 is 20.8 Å². The Morgan fingerprint density at radius 2 is 1.84 bits per heavy atom. The molecule has 1 aromatic heterocycles. The SMILES string of the molecule is Nc1ccc(OCC(O)C[n+]2cccc(N)c2)cc1. The highest BCUT2D eigenvalue weighted by atomic mass is 16.5.